The quantitative estimate of drug-likeness (QED) is 0.492. The van der Waals surface area contributed by atoms with Crippen LogP contribution in [0.15, 0.2) is 60.9 Å². The average Bonchev–Trinajstić information content (AvgIpc) is 3.15. The number of aromatic amines is 2. The van der Waals surface area contributed by atoms with Gasteiger partial charge < -0.3 is 19.8 Å². The molecule has 4 heteroatoms. The van der Waals surface area contributed by atoms with Crippen molar-refractivity contribution in [3.63, 3.8) is 0 Å². The highest BCUT2D eigenvalue weighted by molar-refractivity contribution is 5.81. The molecule has 0 fully saturated rings. The summed E-state index contributed by atoms with van der Waals surface area (Å²) in [6, 6.07) is 15.2. The van der Waals surface area contributed by atoms with Crippen molar-refractivity contribution in [3.8, 4) is 11.5 Å². The maximum absolute atomic E-state index is 9.03. The summed E-state index contributed by atoms with van der Waals surface area (Å²) < 4.78 is 5.07. The van der Waals surface area contributed by atoms with Gasteiger partial charge in [-0.05, 0) is 47.9 Å². The molecule has 0 aliphatic carbocycles. The van der Waals surface area contributed by atoms with Crippen molar-refractivity contribution in [2.24, 2.45) is 0 Å². The van der Waals surface area contributed by atoms with Crippen LogP contribution in [0.3, 0.4) is 0 Å². The first-order valence-electron chi connectivity index (χ1n) is 6.63. The number of aromatic hydroxyl groups is 1. The Morgan fingerprint density at radius 2 is 1.57 bits per heavy atom. The number of hydrogen-bond acceptors (Lipinski definition) is 2. The minimum Gasteiger partial charge on any atom is -0.508 e. The fourth-order valence-corrected chi connectivity index (χ4v) is 2.19. The van der Waals surface area contributed by atoms with E-state index in [2.05, 4.69) is 9.97 Å². The normalized spacial score (nSPS) is 10.3. The van der Waals surface area contributed by atoms with Crippen LogP contribution in [0, 0.1) is 0 Å². The van der Waals surface area contributed by atoms with Crippen LogP contribution in [-0.2, 0) is 0 Å². The van der Waals surface area contributed by atoms with Crippen LogP contribution in [0.5, 0.6) is 11.5 Å². The Hall–Kier alpha value is -2.88. The highest BCUT2D eigenvalue weighted by atomic mass is 16.5. The molecule has 0 aliphatic heterocycles. The number of H-pyrrole nitrogens is 2. The van der Waals surface area contributed by atoms with Crippen LogP contribution in [0.2, 0.25) is 0 Å². The van der Waals surface area contributed by atoms with Gasteiger partial charge in [0.1, 0.15) is 11.5 Å². The number of phenolic OH excluding ortho intramolecular Hbond substituents is 1. The predicted molar refractivity (Wildman–Crippen MR) is 84.8 cm³/mol. The summed E-state index contributed by atoms with van der Waals surface area (Å²) in [5, 5.41) is 11.3. The third-order valence-electron chi connectivity index (χ3n) is 3.30. The fraction of sp³-hybridized carbons (Fsp3) is 0.0588. The minimum atomic E-state index is 0.312. The van der Waals surface area contributed by atoms with E-state index in [9.17, 15) is 0 Å². The maximum atomic E-state index is 9.03. The monoisotopic (exact) mass is 280 g/mol. The molecule has 106 valence electrons. The van der Waals surface area contributed by atoms with E-state index in [1.807, 2.05) is 48.8 Å². The first-order chi connectivity index (χ1) is 10.3. The molecule has 0 atom stereocenters. The Labute approximate surface area is 122 Å². The SMILES string of the molecule is COc1ccc2cc[nH]c2c1.Oc1ccc2[nH]ccc2c1. The number of methoxy groups -OCH3 is 1. The van der Waals surface area contributed by atoms with Gasteiger partial charge in [0.25, 0.3) is 0 Å². The second-order valence-electron chi connectivity index (χ2n) is 4.68. The lowest BCUT2D eigenvalue weighted by atomic mass is 10.2. The summed E-state index contributed by atoms with van der Waals surface area (Å²) in [5.74, 6) is 1.20. The first kappa shape index (κ1) is 13.1. The van der Waals surface area contributed by atoms with Gasteiger partial charge >= 0.3 is 0 Å². The predicted octanol–water partition coefficient (Wildman–Crippen LogP) is 4.05. The number of aromatic nitrogens is 2. The number of ether oxygens (including phenoxy) is 1. The second kappa shape index (κ2) is 5.63. The van der Waals surface area contributed by atoms with Crippen LogP contribution in [0.25, 0.3) is 21.8 Å². The van der Waals surface area contributed by atoms with Gasteiger partial charge in [-0.2, -0.15) is 0 Å². The average molecular weight is 280 g/mol. The third kappa shape index (κ3) is 2.84. The van der Waals surface area contributed by atoms with Gasteiger partial charge in [0.05, 0.1) is 7.11 Å². The third-order valence-corrected chi connectivity index (χ3v) is 3.30. The second-order valence-corrected chi connectivity index (χ2v) is 4.68. The van der Waals surface area contributed by atoms with Gasteiger partial charge in [-0.25, -0.2) is 0 Å². The molecule has 0 saturated carbocycles. The van der Waals surface area contributed by atoms with Crippen molar-refractivity contribution in [2.45, 2.75) is 0 Å². The summed E-state index contributed by atoms with van der Waals surface area (Å²) in [5.41, 5.74) is 2.17. The van der Waals surface area contributed by atoms with E-state index in [0.29, 0.717) is 5.75 Å². The number of fused-ring (bicyclic) bond motifs is 2. The molecule has 2 aromatic carbocycles. The Morgan fingerprint density at radius 3 is 2.38 bits per heavy atom. The van der Waals surface area contributed by atoms with E-state index in [4.69, 9.17) is 9.84 Å². The zero-order chi connectivity index (χ0) is 14.7. The topological polar surface area (TPSA) is 61.0 Å². The Kier molecular flexibility index (Phi) is 3.51. The van der Waals surface area contributed by atoms with Crippen molar-refractivity contribution in [2.75, 3.05) is 7.11 Å². The zero-order valence-corrected chi connectivity index (χ0v) is 11.6. The standard InChI is InChI=1S/C9H9NO.C8H7NO/c1-11-8-3-2-7-4-5-10-9(7)6-8;10-7-1-2-8-6(5-7)3-4-9-8/h2-6,10H,1H3;1-5,9-10H. The maximum Gasteiger partial charge on any atom is 0.120 e. The number of benzene rings is 2. The van der Waals surface area contributed by atoms with E-state index in [-0.39, 0.29) is 0 Å². The van der Waals surface area contributed by atoms with Crippen LogP contribution >= 0.6 is 0 Å². The molecule has 3 N–H and O–H groups in total. The number of rotatable bonds is 1. The highest BCUT2D eigenvalue weighted by Crippen LogP contribution is 2.19. The van der Waals surface area contributed by atoms with Crippen molar-refractivity contribution < 1.29 is 9.84 Å². The minimum absolute atomic E-state index is 0.312. The molecule has 2 aromatic heterocycles. The van der Waals surface area contributed by atoms with Gasteiger partial charge in [0.2, 0.25) is 0 Å². The molecule has 0 saturated heterocycles. The van der Waals surface area contributed by atoms with E-state index < -0.39 is 0 Å². The zero-order valence-electron chi connectivity index (χ0n) is 11.6. The lowest BCUT2D eigenvalue weighted by molar-refractivity contribution is 0.415. The van der Waals surface area contributed by atoms with Crippen molar-refractivity contribution in [1.82, 2.24) is 9.97 Å². The summed E-state index contributed by atoms with van der Waals surface area (Å²) in [7, 11) is 1.67. The molecule has 4 nitrogen and oxygen atoms in total. The molecule has 0 aliphatic rings. The van der Waals surface area contributed by atoms with Crippen molar-refractivity contribution in [3.05, 3.63) is 60.9 Å². The van der Waals surface area contributed by atoms with E-state index in [1.165, 1.54) is 5.39 Å². The van der Waals surface area contributed by atoms with Crippen molar-refractivity contribution >= 4 is 21.8 Å². The lowest BCUT2D eigenvalue weighted by Gasteiger charge is -1.97. The van der Waals surface area contributed by atoms with E-state index in [0.717, 1.165) is 22.2 Å². The first-order valence-corrected chi connectivity index (χ1v) is 6.63. The lowest BCUT2D eigenvalue weighted by Crippen LogP contribution is -1.80. The summed E-state index contributed by atoms with van der Waals surface area (Å²) in [6.45, 7) is 0. The van der Waals surface area contributed by atoms with Gasteiger partial charge in [-0.15, -0.1) is 0 Å². The summed E-state index contributed by atoms with van der Waals surface area (Å²) >= 11 is 0. The van der Waals surface area contributed by atoms with Crippen LogP contribution in [0.1, 0.15) is 0 Å². The van der Waals surface area contributed by atoms with Crippen LogP contribution in [0.4, 0.5) is 0 Å². The highest BCUT2D eigenvalue weighted by Gasteiger charge is 1.94. The molecule has 0 bridgehead atoms. The molecular weight excluding hydrogens is 264 g/mol. The summed E-state index contributed by atoms with van der Waals surface area (Å²) in [4.78, 5) is 6.15. The number of nitrogens with one attached hydrogen (secondary N) is 2. The van der Waals surface area contributed by atoms with Crippen molar-refractivity contribution in [1.29, 1.82) is 0 Å². The molecule has 0 amide bonds. The van der Waals surface area contributed by atoms with E-state index in [1.54, 1.807) is 19.2 Å². The molecule has 21 heavy (non-hydrogen) atoms. The molecule has 4 aromatic rings. The molecule has 0 radical (unpaired) electrons. The molecule has 2 heterocycles. The molecular formula is C17H16N2O2. The van der Waals surface area contributed by atoms with Gasteiger partial charge in [-0.3, -0.25) is 0 Å². The van der Waals surface area contributed by atoms with Gasteiger partial charge in [0.15, 0.2) is 0 Å². The Bertz CT molecular complexity index is 861. The molecule has 0 unspecified atom stereocenters. The smallest absolute Gasteiger partial charge is 0.120 e. The number of phenols is 1. The number of hydrogen-bond donors (Lipinski definition) is 3. The largest absolute Gasteiger partial charge is 0.508 e. The van der Waals surface area contributed by atoms with Gasteiger partial charge in [-0.1, -0.05) is 0 Å². The Morgan fingerprint density at radius 1 is 0.810 bits per heavy atom. The van der Waals surface area contributed by atoms with Gasteiger partial charge in [0, 0.05) is 34.9 Å². The van der Waals surface area contributed by atoms with E-state index >= 15 is 0 Å². The van der Waals surface area contributed by atoms with Crippen LogP contribution in [-0.4, -0.2) is 22.2 Å². The van der Waals surface area contributed by atoms with Crippen LogP contribution < -0.4 is 4.74 Å². The fourth-order valence-electron chi connectivity index (χ4n) is 2.19. The summed E-state index contributed by atoms with van der Waals surface area (Å²) in [6.07, 6.45) is 3.77. The molecule has 0 spiro atoms. The Balaban J connectivity index is 0.000000126. The molecule has 4 rings (SSSR count).